The highest BCUT2D eigenvalue weighted by atomic mass is 35.5. The van der Waals surface area contributed by atoms with Gasteiger partial charge in [-0.3, -0.25) is 4.90 Å². The summed E-state index contributed by atoms with van der Waals surface area (Å²) < 4.78 is 0. The van der Waals surface area contributed by atoms with Gasteiger partial charge >= 0.3 is 0 Å². The minimum atomic E-state index is 0.595. The van der Waals surface area contributed by atoms with Crippen LogP contribution in [0.2, 0.25) is 5.15 Å². The average molecular weight is 252 g/mol. The maximum Gasteiger partial charge on any atom is 0.129 e. The molecule has 0 saturated carbocycles. The Labute approximate surface area is 107 Å². The lowest BCUT2D eigenvalue weighted by molar-refractivity contribution is 0.312. The van der Waals surface area contributed by atoms with Gasteiger partial charge in [-0.15, -0.1) is 0 Å². The van der Waals surface area contributed by atoms with Crippen molar-refractivity contribution in [2.24, 2.45) is 5.92 Å². The number of hydrogen-bond acceptors (Lipinski definition) is 3. The number of nitrogens with one attached hydrogen (secondary N) is 1. The van der Waals surface area contributed by atoms with Crippen LogP contribution in [0.3, 0.4) is 0 Å². The predicted octanol–water partition coefficient (Wildman–Crippen LogP) is 1.92. The molecular weight excluding hydrogens is 234 g/mol. The zero-order valence-corrected chi connectivity index (χ0v) is 10.7. The SMILES string of the molecule is Clc1cc(CN2C[C@@H]3CCCN[C@@H]3C2)ccn1. The molecule has 3 rings (SSSR count). The second-order valence-electron chi connectivity index (χ2n) is 5.14. The summed E-state index contributed by atoms with van der Waals surface area (Å²) in [6.45, 7) is 4.58. The van der Waals surface area contributed by atoms with Crippen LogP contribution in [0, 0.1) is 5.92 Å². The monoisotopic (exact) mass is 251 g/mol. The van der Waals surface area contributed by atoms with Gasteiger partial charge in [0.1, 0.15) is 5.15 Å². The molecule has 0 aliphatic carbocycles. The van der Waals surface area contributed by atoms with Crippen LogP contribution >= 0.6 is 11.6 Å². The smallest absolute Gasteiger partial charge is 0.129 e. The lowest BCUT2D eigenvalue weighted by Gasteiger charge is -2.24. The van der Waals surface area contributed by atoms with E-state index in [9.17, 15) is 0 Å². The van der Waals surface area contributed by atoms with Crippen molar-refractivity contribution < 1.29 is 0 Å². The number of piperidine rings is 1. The Morgan fingerprint density at radius 1 is 1.47 bits per heavy atom. The van der Waals surface area contributed by atoms with Crippen LogP contribution in [0.1, 0.15) is 18.4 Å². The zero-order valence-electron chi connectivity index (χ0n) is 9.90. The van der Waals surface area contributed by atoms with Gasteiger partial charge in [0.05, 0.1) is 0 Å². The lowest BCUT2D eigenvalue weighted by Crippen LogP contribution is -2.40. The zero-order chi connectivity index (χ0) is 11.7. The molecule has 0 aromatic carbocycles. The number of halogens is 1. The number of rotatable bonds is 2. The molecular formula is C13H18ClN3. The molecule has 3 heterocycles. The Hall–Kier alpha value is -0.640. The van der Waals surface area contributed by atoms with Gasteiger partial charge < -0.3 is 5.32 Å². The average Bonchev–Trinajstić information content (AvgIpc) is 2.71. The number of hydrogen-bond donors (Lipinski definition) is 1. The van der Waals surface area contributed by atoms with Crippen LogP contribution in [-0.2, 0) is 6.54 Å². The summed E-state index contributed by atoms with van der Waals surface area (Å²) in [4.78, 5) is 6.55. The summed E-state index contributed by atoms with van der Waals surface area (Å²) in [7, 11) is 0. The summed E-state index contributed by atoms with van der Waals surface area (Å²) >= 11 is 5.91. The van der Waals surface area contributed by atoms with Crippen LogP contribution in [0.15, 0.2) is 18.3 Å². The Kier molecular flexibility index (Phi) is 3.32. The van der Waals surface area contributed by atoms with Crippen molar-refractivity contribution in [1.82, 2.24) is 15.2 Å². The summed E-state index contributed by atoms with van der Waals surface area (Å²) in [5.41, 5.74) is 1.27. The topological polar surface area (TPSA) is 28.2 Å². The standard InChI is InChI=1S/C13H18ClN3/c14-13-6-10(3-5-16-13)7-17-8-11-2-1-4-15-12(11)9-17/h3,5-6,11-12,15H,1-2,4,7-9H2/t11-,12+/m0/s1. The third-order valence-corrected chi connectivity index (χ3v) is 4.08. The third kappa shape index (κ3) is 2.62. The van der Waals surface area contributed by atoms with Crippen molar-refractivity contribution >= 4 is 11.6 Å². The molecule has 1 N–H and O–H groups in total. The molecule has 0 unspecified atom stereocenters. The first kappa shape index (κ1) is 11.5. The number of fused-ring (bicyclic) bond motifs is 1. The second kappa shape index (κ2) is 4.92. The van der Waals surface area contributed by atoms with Crippen molar-refractivity contribution in [3.05, 3.63) is 29.0 Å². The van der Waals surface area contributed by atoms with Crippen LogP contribution in [0.25, 0.3) is 0 Å². The van der Waals surface area contributed by atoms with Crippen molar-refractivity contribution in [2.75, 3.05) is 19.6 Å². The molecule has 1 aromatic rings. The van der Waals surface area contributed by atoms with E-state index in [1.54, 1.807) is 6.20 Å². The van der Waals surface area contributed by atoms with E-state index in [0.29, 0.717) is 11.2 Å². The fourth-order valence-corrected chi connectivity index (χ4v) is 3.26. The van der Waals surface area contributed by atoms with E-state index in [1.165, 1.54) is 38.0 Å². The third-order valence-electron chi connectivity index (χ3n) is 3.87. The Morgan fingerprint density at radius 2 is 2.41 bits per heavy atom. The first-order chi connectivity index (χ1) is 8.31. The van der Waals surface area contributed by atoms with E-state index in [-0.39, 0.29) is 0 Å². The molecule has 2 fully saturated rings. The molecule has 2 aliphatic heterocycles. The van der Waals surface area contributed by atoms with E-state index < -0.39 is 0 Å². The first-order valence-electron chi connectivity index (χ1n) is 6.37. The Bertz CT molecular complexity index is 382. The molecule has 17 heavy (non-hydrogen) atoms. The number of nitrogens with zero attached hydrogens (tertiary/aromatic N) is 2. The summed E-state index contributed by atoms with van der Waals surface area (Å²) in [5.74, 6) is 0.848. The highest BCUT2D eigenvalue weighted by molar-refractivity contribution is 6.29. The van der Waals surface area contributed by atoms with E-state index >= 15 is 0 Å². The van der Waals surface area contributed by atoms with Gasteiger partial charge in [0.15, 0.2) is 0 Å². The van der Waals surface area contributed by atoms with Crippen molar-refractivity contribution in [1.29, 1.82) is 0 Å². The normalized spacial score (nSPS) is 29.2. The van der Waals surface area contributed by atoms with E-state index in [1.807, 2.05) is 6.07 Å². The molecule has 1 aromatic heterocycles. The van der Waals surface area contributed by atoms with Gasteiger partial charge in [-0.05, 0) is 43.0 Å². The summed E-state index contributed by atoms with van der Waals surface area (Å²) in [5, 5.41) is 4.22. The van der Waals surface area contributed by atoms with Crippen LogP contribution in [-0.4, -0.2) is 35.6 Å². The molecule has 2 saturated heterocycles. The predicted molar refractivity (Wildman–Crippen MR) is 69.0 cm³/mol. The molecule has 92 valence electrons. The van der Waals surface area contributed by atoms with Gasteiger partial charge in [0, 0.05) is 31.9 Å². The van der Waals surface area contributed by atoms with Crippen molar-refractivity contribution in [3.8, 4) is 0 Å². The van der Waals surface area contributed by atoms with Gasteiger partial charge in [-0.1, -0.05) is 11.6 Å². The Balaban J connectivity index is 1.63. The summed E-state index contributed by atoms with van der Waals surface area (Å²) in [6.07, 6.45) is 4.50. The lowest BCUT2D eigenvalue weighted by atomic mass is 9.94. The molecule has 0 bridgehead atoms. The number of pyridine rings is 1. The number of aromatic nitrogens is 1. The molecule has 2 aliphatic rings. The minimum absolute atomic E-state index is 0.595. The van der Waals surface area contributed by atoms with Gasteiger partial charge in [-0.25, -0.2) is 4.98 Å². The molecule has 4 heteroatoms. The molecule has 0 radical (unpaired) electrons. The van der Waals surface area contributed by atoms with E-state index in [0.717, 1.165) is 12.5 Å². The fraction of sp³-hybridized carbons (Fsp3) is 0.615. The van der Waals surface area contributed by atoms with Gasteiger partial charge in [0.25, 0.3) is 0 Å². The Morgan fingerprint density at radius 3 is 3.24 bits per heavy atom. The van der Waals surface area contributed by atoms with Crippen molar-refractivity contribution in [2.45, 2.75) is 25.4 Å². The van der Waals surface area contributed by atoms with Crippen LogP contribution in [0.4, 0.5) is 0 Å². The summed E-state index contributed by atoms with van der Waals surface area (Å²) in [6, 6.07) is 4.74. The second-order valence-corrected chi connectivity index (χ2v) is 5.53. The molecule has 0 spiro atoms. The highest BCUT2D eigenvalue weighted by Crippen LogP contribution is 2.26. The van der Waals surface area contributed by atoms with Crippen molar-refractivity contribution in [3.63, 3.8) is 0 Å². The van der Waals surface area contributed by atoms with E-state index in [2.05, 4.69) is 21.3 Å². The fourth-order valence-electron chi connectivity index (χ4n) is 3.06. The molecule has 3 nitrogen and oxygen atoms in total. The quantitative estimate of drug-likeness (QED) is 0.814. The minimum Gasteiger partial charge on any atom is -0.312 e. The highest BCUT2D eigenvalue weighted by Gasteiger charge is 2.33. The van der Waals surface area contributed by atoms with Crippen LogP contribution in [0.5, 0.6) is 0 Å². The van der Waals surface area contributed by atoms with E-state index in [4.69, 9.17) is 11.6 Å². The molecule has 2 atom stereocenters. The number of likely N-dealkylation sites (tertiary alicyclic amines) is 1. The van der Waals surface area contributed by atoms with Gasteiger partial charge in [0.2, 0.25) is 0 Å². The maximum absolute atomic E-state index is 5.91. The largest absolute Gasteiger partial charge is 0.312 e. The van der Waals surface area contributed by atoms with Gasteiger partial charge in [-0.2, -0.15) is 0 Å². The molecule has 0 amide bonds. The van der Waals surface area contributed by atoms with Crippen LogP contribution < -0.4 is 5.32 Å². The first-order valence-corrected chi connectivity index (χ1v) is 6.75. The maximum atomic E-state index is 5.91.